The molecule has 0 saturated heterocycles. The summed E-state index contributed by atoms with van der Waals surface area (Å²) in [6, 6.07) is 8.47. The molecule has 0 fully saturated rings. The van der Waals surface area contributed by atoms with Crippen molar-refractivity contribution in [3.8, 4) is 16.9 Å². The first-order valence-corrected chi connectivity index (χ1v) is 8.83. The van der Waals surface area contributed by atoms with Gasteiger partial charge < -0.3 is 9.15 Å². The van der Waals surface area contributed by atoms with Crippen molar-refractivity contribution in [2.24, 2.45) is 0 Å². The Bertz CT molecular complexity index is 1290. The zero-order valence-electron chi connectivity index (χ0n) is 15.0. The molecular weight excluding hydrogens is 399 g/mol. The van der Waals surface area contributed by atoms with Crippen molar-refractivity contribution in [1.82, 2.24) is 9.97 Å². The summed E-state index contributed by atoms with van der Waals surface area (Å²) < 4.78 is 25.3. The number of halogens is 2. The summed E-state index contributed by atoms with van der Waals surface area (Å²) in [5, 5.41) is 0.304. The first-order chi connectivity index (χ1) is 14.0. The summed E-state index contributed by atoms with van der Waals surface area (Å²) in [7, 11) is 0. The van der Waals surface area contributed by atoms with Crippen molar-refractivity contribution >= 4 is 28.5 Å². The molecule has 144 valence electrons. The van der Waals surface area contributed by atoms with E-state index in [1.54, 1.807) is 0 Å². The van der Waals surface area contributed by atoms with Gasteiger partial charge in [0.15, 0.2) is 5.69 Å². The zero-order chi connectivity index (χ0) is 20.5. The van der Waals surface area contributed by atoms with Gasteiger partial charge in [0.05, 0.1) is 22.2 Å². The van der Waals surface area contributed by atoms with E-state index in [9.17, 15) is 14.0 Å². The molecule has 0 amide bonds. The quantitative estimate of drug-likeness (QED) is 0.363. The number of aromatic nitrogens is 2. The molecule has 0 saturated carbocycles. The van der Waals surface area contributed by atoms with E-state index in [0.29, 0.717) is 0 Å². The van der Waals surface area contributed by atoms with Crippen LogP contribution in [0, 0.1) is 12.7 Å². The molecule has 6 nitrogen and oxygen atoms in total. The summed E-state index contributed by atoms with van der Waals surface area (Å²) in [6.45, 7) is 1.54. The second-order valence-electron chi connectivity index (χ2n) is 6.10. The molecule has 2 aromatic carbocycles. The smallest absolute Gasteiger partial charge is 0.363 e. The van der Waals surface area contributed by atoms with Crippen molar-refractivity contribution in [1.29, 1.82) is 0 Å². The Labute approximate surface area is 168 Å². The van der Waals surface area contributed by atoms with Crippen LogP contribution in [0.4, 0.5) is 4.39 Å². The topological polar surface area (TPSA) is 82.3 Å². The number of nitrogens with zero attached hydrogens (tertiary/aromatic N) is 2. The molecule has 0 unspecified atom stereocenters. The van der Waals surface area contributed by atoms with Crippen molar-refractivity contribution in [2.75, 3.05) is 0 Å². The Kier molecular flexibility index (Phi) is 4.82. The number of carbonyl (C=O) groups is 1. The Hall–Kier alpha value is -3.58. The largest absolute Gasteiger partial charge is 0.460 e. The summed E-state index contributed by atoms with van der Waals surface area (Å²) in [6.07, 6.45) is 4.08. The Balaban J connectivity index is 1.78. The molecule has 0 aliphatic rings. The number of carbonyl (C=O) groups excluding carboxylic acids is 1. The number of aryl methyl sites for hydroxylation is 1. The van der Waals surface area contributed by atoms with E-state index in [4.69, 9.17) is 20.8 Å². The molecule has 0 radical (unpaired) electrons. The van der Waals surface area contributed by atoms with Crippen LogP contribution in [0.25, 0.3) is 22.1 Å². The number of esters is 1. The molecule has 4 rings (SSSR count). The summed E-state index contributed by atoms with van der Waals surface area (Å²) in [4.78, 5) is 32.8. The molecule has 0 atom stereocenters. The van der Waals surface area contributed by atoms with E-state index in [0.717, 1.165) is 0 Å². The molecule has 0 spiro atoms. The van der Waals surface area contributed by atoms with Crippen LogP contribution in [0.3, 0.4) is 0 Å². The van der Waals surface area contributed by atoms with Crippen LogP contribution in [0.5, 0.6) is 5.75 Å². The van der Waals surface area contributed by atoms with Gasteiger partial charge in [0.1, 0.15) is 22.9 Å². The molecule has 2 aromatic heterocycles. The lowest BCUT2D eigenvalue weighted by Crippen LogP contribution is -2.11. The second kappa shape index (κ2) is 7.44. The van der Waals surface area contributed by atoms with Gasteiger partial charge in [-0.15, -0.1) is 0 Å². The third-order valence-corrected chi connectivity index (χ3v) is 4.55. The zero-order valence-corrected chi connectivity index (χ0v) is 15.7. The van der Waals surface area contributed by atoms with Gasteiger partial charge in [-0.1, -0.05) is 17.7 Å². The average molecular weight is 411 g/mol. The van der Waals surface area contributed by atoms with Crippen molar-refractivity contribution < 1.29 is 18.3 Å². The maximum Gasteiger partial charge on any atom is 0.363 e. The normalized spacial score (nSPS) is 10.9. The third-order valence-electron chi connectivity index (χ3n) is 4.24. The lowest BCUT2D eigenvalue weighted by molar-refractivity contribution is 0.0728. The van der Waals surface area contributed by atoms with Gasteiger partial charge in [0.2, 0.25) is 5.43 Å². The van der Waals surface area contributed by atoms with E-state index < -0.39 is 17.2 Å². The highest BCUT2D eigenvalue weighted by Gasteiger charge is 2.20. The summed E-state index contributed by atoms with van der Waals surface area (Å²) in [5.74, 6) is -0.979. The molecular formula is C21H12ClFN2O4. The average Bonchev–Trinajstić information content (AvgIpc) is 2.70. The van der Waals surface area contributed by atoms with Gasteiger partial charge in [-0.3, -0.25) is 9.78 Å². The summed E-state index contributed by atoms with van der Waals surface area (Å²) in [5.41, 5.74) is -0.184. The molecule has 0 bridgehead atoms. The fourth-order valence-corrected chi connectivity index (χ4v) is 3.20. The summed E-state index contributed by atoms with van der Waals surface area (Å²) >= 11 is 6.11. The van der Waals surface area contributed by atoms with Crippen LogP contribution in [0.15, 0.2) is 64.2 Å². The Morgan fingerprint density at radius 2 is 2.00 bits per heavy atom. The Morgan fingerprint density at radius 1 is 1.17 bits per heavy atom. The van der Waals surface area contributed by atoms with Crippen molar-refractivity contribution in [2.45, 2.75) is 6.92 Å². The number of ether oxygens (including phenoxy) is 1. The van der Waals surface area contributed by atoms with E-state index in [2.05, 4.69) is 9.97 Å². The van der Waals surface area contributed by atoms with Crippen LogP contribution in [0.1, 0.15) is 16.2 Å². The minimum Gasteiger partial charge on any atom is -0.460 e. The first-order valence-electron chi connectivity index (χ1n) is 8.45. The monoisotopic (exact) mass is 410 g/mol. The van der Waals surface area contributed by atoms with Gasteiger partial charge in [-0.05, 0) is 31.2 Å². The van der Waals surface area contributed by atoms with Crippen molar-refractivity contribution in [3.63, 3.8) is 0 Å². The molecule has 4 aromatic rings. The van der Waals surface area contributed by atoms with E-state index in [1.165, 1.54) is 61.9 Å². The number of rotatable bonds is 3. The highest BCUT2D eigenvalue weighted by atomic mass is 35.5. The van der Waals surface area contributed by atoms with Gasteiger partial charge >= 0.3 is 5.97 Å². The minimum atomic E-state index is -0.703. The van der Waals surface area contributed by atoms with Crippen molar-refractivity contribution in [3.05, 3.63) is 87.5 Å². The van der Waals surface area contributed by atoms with Crippen LogP contribution < -0.4 is 10.2 Å². The fourth-order valence-electron chi connectivity index (χ4n) is 2.94. The van der Waals surface area contributed by atoms with Crippen LogP contribution in [-0.2, 0) is 0 Å². The molecule has 8 heteroatoms. The Morgan fingerprint density at radius 3 is 2.72 bits per heavy atom. The van der Waals surface area contributed by atoms with E-state index in [-0.39, 0.29) is 44.3 Å². The molecule has 29 heavy (non-hydrogen) atoms. The molecule has 2 heterocycles. The lowest BCUT2D eigenvalue weighted by atomic mass is 10.0. The molecule has 0 aliphatic heterocycles. The highest BCUT2D eigenvalue weighted by Crippen LogP contribution is 2.32. The number of fused-ring (bicyclic) bond motifs is 1. The minimum absolute atomic E-state index is 0.0135. The first kappa shape index (κ1) is 18.8. The number of benzene rings is 2. The maximum absolute atomic E-state index is 14.3. The predicted octanol–water partition coefficient (Wildman–Crippen LogP) is 4.57. The van der Waals surface area contributed by atoms with Gasteiger partial charge in [-0.25, -0.2) is 14.2 Å². The van der Waals surface area contributed by atoms with Crippen LogP contribution in [0.2, 0.25) is 5.02 Å². The van der Waals surface area contributed by atoms with Crippen LogP contribution >= 0.6 is 11.6 Å². The molecule has 0 aliphatic carbocycles. The fraction of sp³-hybridized carbons (Fsp3) is 0.0476. The predicted molar refractivity (Wildman–Crippen MR) is 105 cm³/mol. The highest BCUT2D eigenvalue weighted by molar-refractivity contribution is 6.33. The maximum atomic E-state index is 14.3. The number of hydrogen-bond donors (Lipinski definition) is 0. The molecule has 0 N–H and O–H groups in total. The number of hydrogen-bond acceptors (Lipinski definition) is 6. The van der Waals surface area contributed by atoms with E-state index >= 15 is 0 Å². The SMILES string of the molecule is Cc1oc2cc(OC(=O)c3cnccn3)ccc2c(=O)c1-c1c(F)cccc1Cl. The van der Waals surface area contributed by atoms with Crippen LogP contribution in [-0.4, -0.2) is 15.9 Å². The van der Waals surface area contributed by atoms with Gasteiger partial charge in [0.25, 0.3) is 0 Å². The van der Waals surface area contributed by atoms with Gasteiger partial charge in [-0.2, -0.15) is 0 Å². The van der Waals surface area contributed by atoms with E-state index in [1.807, 2.05) is 0 Å². The lowest BCUT2D eigenvalue weighted by Gasteiger charge is -2.10. The standard InChI is InChI=1S/C21H12ClFN2O4/c1-11-18(19-14(22)3-2-4-15(19)23)20(26)13-6-5-12(9-17(13)28-11)29-21(27)16-10-24-7-8-25-16/h2-10H,1H3. The third kappa shape index (κ3) is 3.48. The second-order valence-corrected chi connectivity index (χ2v) is 6.50. The van der Waals surface area contributed by atoms with Gasteiger partial charge in [0, 0.05) is 24.0 Å².